The lowest BCUT2D eigenvalue weighted by Crippen LogP contribution is -2.12. The van der Waals surface area contributed by atoms with E-state index >= 15 is 0 Å². The minimum absolute atomic E-state index is 0.220. The summed E-state index contributed by atoms with van der Waals surface area (Å²) in [5.74, 6) is 0.680. The van der Waals surface area contributed by atoms with Gasteiger partial charge in [0.25, 0.3) is 5.56 Å². The first-order chi connectivity index (χ1) is 11.2. The largest absolute Gasteiger partial charge is 0.508 e. The van der Waals surface area contributed by atoms with Gasteiger partial charge in [0.1, 0.15) is 5.75 Å². The summed E-state index contributed by atoms with van der Waals surface area (Å²) in [6.45, 7) is 1.21. The van der Waals surface area contributed by atoms with E-state index < -0.39 is 0 Å². The van der Waals surface area contributed by atoms with Crippen molar-refractivity contribution >= 4 is 16.5 Å². The second-order valence-corrected chi connectivity index (χ2v) is 5.08. The van der Waals surface area contributed by atoms with Crippen LogP contribution in [0.4, 0.5) is 5.69 Å². The van der Waals surface area contributed by atoms with Crippen molar-refractivity contribution in [2.75, 3.05) is 18.5 Å². The molecule has 1 heterocycles. The second kappa shape index (κ2) is 6.83. The maximum Gasteiger partial charge on any atom is 0.272 e. The summed E-state index contributed by atoms with van der Waals surface area (Å²) < 4.78 is 5.67. The summed E-state index contributed by atoms with van der Waals surface area (Å²) in [6.07, 6.45) is 0.774. The number of H-pyrrole nitrogens is 1. The van der Waals surface area contributed by atoms with E-state index in [1.807, 2.05) is 30.3 Å². The number of benzene rings is 2. The molecule has 3 rings (SSSR count). The average Bonchev–Trinajstić information content (AvgIpc) is 2.58. The van der Waals surface area contributed by atoms with Gasteiger partial charge in [-0.2, -0.15) is 0 Å². The van der Waals surface area contributed by atoms with Crippen LogP contribution in [0.5, 0.6) is 11.6 Å². The molecule has 0 spiro atoms. The number of fused-ring (bicyclic) bond motifs is 1. The molecule has 0 unspecified atom stereocenters. The van der Waals surface area contributed by atoms with E-state index in [4.69, 9.17) is 4.74 Å². The highest BCUT2D eigenvalue weighted by atomic mass is 16.5. The van der Waals surface area contributed by atoms with Crippen LogP contribution in [0.2, 0.25) is 0 Å². The lowest BCUT2D eigenvalue weighted by Gasteiger charge is -2.09. The summed E-state index contributed by atoms with van der Waals surface area (Å²) in [4.78, 5) is 11.7. The van der Waals surface area contributed by atoms with E-state index in [2.05, 4.69) is 15.5 Å². The van der Waals surface area contributed by atoms with Gasteiger partial charge in [-0.25, -0.2) is 5.10 Å². The standard InChI is InChI=1S/C17H17N3O3/c21-13-8-6-12(7-9-13)18-10-3-11-23-17-15-5-2-1-4-14(15)16(22)19-20-17/h1-2,4-9,18,21H,3,10-11H2,(H,19,22). The normalized spacial score (nSPS) is 10.6. The highest BCUT2D eigenvalue weighted by molar-refractivity contribution is 5.85. The lowest BCUT2D eigenvalue weighted by atomic mass is 10.2. The van der Waals surface area contributed by atoms with Crippen LogP contribution < -0.4 is 15.6 Å². The molecule has 0 amide bonds. The highest BCUT2D eigenvalue weighted by Crippen LogP contribution is 2.19. The summed E-state index contributed by atoms with van der Waals surface area (Å²) in [7, 11) is 0. The van der Waals surface area contributed by atoms with Crippen LogP contribution in [-0.4, -0.2) is 28.5 Å². The van der Waals surface area contributed by atoms with E-state index in [-0.39, 0.29) is 11.3 Å². The van der Waals surface area contributed by atoms with Crippen molar-refractivity contribution in [3.8, 4) is 11.6 Å². The number of phenolic OH excluding ortho intramolecular Hbond substituents is 1. The van der Waals surface area contributed by atoms with Crippen molar-refractivity contribution in [2.45, 2.75) is 6.42 Å². The van der Waals surface area contributed by atoms with Crippen LogP contribution in [-0.2, 0) is 0 Å². The SMILES string of the molecule is O=c1[nH]nc(OCCCNc2ccc(O)cc2)c2ccccc12. The molecule has 0 saturated carbocycles. The molecule has 0 radical (unpaired) electrons. The molecule has 6 nitrogen and oxygen atoms in total. The summed E-state index contributed by atoms with van der Waals surface area (Å²) in [6, 6.07) is 14.1. The number of phenols is 1. The Morgan fingerprint density at radius 2 is 1.83 bits per heavy atom. The zero-order valence-corrected chi connectivity index (χ0v) is 12.5. The number of aromatic amines is 1. The lowest BCUT2D eigenvalue weighted by molar-refractivity contribution is 0.303. The topological polar surface area (TPSA) is 87.2 Å². The fraction of sp³-hybridized carbons (Fsp3) is 0.176. The van der Waals surface area contributed by atoms with Crippen molar-refractivity contribution in [3.05, 3.63) is 58.9 Å². The molecule has 23 heavy (non-hydrogen) atoms. The highest BCUT2D eigenvalue weighted by Gasteiger charge is 2.06. The molecule has 3 N–H and O–H groups in total. The third kappa shape index (κ3) is 3.60. The molecule has 6 heteroatoms. The van der Waals surface area contributed by atoms with Gasteiger partial charge >= 0.3 is 0 Å². The van der Waals surface area contributed by atoms with E-state index in [0.29, 0.717) is 23.3 Å². The third-order valence-electron chi connectivity index (χ3n) is 3.42. The van der Waals surface area contributed by atoms with Crippen molar-refractivity contribution < 1.29 is 9.84 Å². The number of aromatic nitrogens is 2. The van der Waals surface area contributed by atoms with Gasteiger partial charge in [-0.1, -0.05) is 12.1 Å². The molecular weight excluding hydrogens is 294 g/mol. The Morgan fingerprint density at radius 3 is 2.61 bits per heavy atom. The summed E-state index contributed by atoms with van der Waals surface area (Å²) in [5, 5.41) is 20.1. The smallest absolute Gasteiger partial charge is 0.272 e. The van der Waals surface area contributed by atoms with Gasteiger partial charge < -0.3 is 15.2 Å². The van der Waals surface area contributed by atoms with Gasteiger partial charge in [0.05, 0.1) is 17.4 Å². The Morgan fingerprint density at radius 1 is 1.09 bits per heavy atom. The number of hydrogen-bond donors (Lipinski definition) is 3. The van der Waals surface area contributed by atoms with E-state index in [1.165, 1.54) is 0 Å². The molecule has 1 aromatic heterocycles. The van der Waals surface area contributed by atoms with Gasteiger partial charge in [0, 0.05) is 12.2 Å². The number of rotatable bonds is 6. The number of anilines is 1. The fourth-order valence-corrected chi connectivity index (χ4v) is 2.25. The predicted molar refractivity (Wildman–Crippen MR) is 89.1 cm³/mol. The molecule has 118 valence electrons. The molecule has 0 atom stereocenters. The van der Waals surface area contributed by atoms with Crippen molar-refractivity contribution in [1.82, 2.24) is 10.2 Å². The first-order valence-corrected chi connectivity index (χ1v) is 7.37. The van der Waals surface area contributed by atoms with Crippen LogP contribution in [0.25, 0.3) is 10.8 Å². The zero-order valence-electron chi connectivity index (χ0n) is 12.5. The third-order valence-corrected chi connectivity index (χ3v) is 3.42. The number of aromatic hydroxyl groups is 1. The maximum atomic E-state index is 11.7. The van der Waals surface area contributed by atoms with Crippen LogP contribution >= 0.6 is 0 Å². The quantitative estimate of drug-likeness (QED) is 0.481. The predicted octanol–water partition coefficient (Wildman–Crippen LogP) is 2.51. The number of nitrogens with zero attached hydrogens (tertiary/aromatic N) is 1. The van der Waals surface area contributed by atoms with Crippen LogP contribution in [0.15, 0.2) is 53.3 Å². The Bertz CT molecular complexity index is 844. The number of hydrogen-bond acceptors (Lipinski definition) is 5. The second-order valence-electron chi connectivity index (χ2n) is 5.08. The molecule has 2 aromatic carbocycles. The van der Waals surface area contributed by atoms with Gasteiger partial charge in [0.2, 0.25) is 5.88 Å². The summed E-state index contributed by atoms with van der Waals surface area (Å²) in [5.41, 5.74) is 0.720. The van der Waals surface area contributed by atoms with E-state index in [9.17, 15) is 9.90 Å². The first-order valence-electron chi connectivity index (χ1n) is 7.37. The maximum absolute atomic E-state index is 11.7. The van der Waals surface area contributed by atoms with Crippen molar-refractivity contribution in [2.24, 2.45) is 0 Å². The van der Waals surface area contributed by atoms with Crippen molar-refractivity contribution in [1.29, 1.82) is 0 Å². The average molecular weight is 311 g/mol. The Hall–Kier alpha value is -3.02. The molecule has 0 aliphatic carbocycles. The molecular formula is C17H17N3O3. The Balaban J connectivity index is 1.54. The summed E-state index contributed by atoms with van der Waals surface area (Å²) >= 11 is 0. The van der Waals surface area contributed by atoms with Gasteiger partial charge in [-0.3, -0.25) is 4.79 Å². The Labute approximate surface area is 132 Å². The van der Waals surface area contributed by atoms with E-state index in [0.717, 1.165) is 18.7 Å². The van der Waals surface area contributed by atoms with Gasteiger partial charge in [0.15, 0.2) is 0 Å². The molecule has 3 aromatic rings. The zero-order chi connectivity index (χ0) is 16.1. The fourth-order valence-electron chi connectivity index (χ4n) is 2.25. The monoisotopic (exact) mass is 311 g/mol. The number of ether oxygens (including phenoxy) is 1. The van der Waals surface area contributed by atoms with E-state index in [1.54, 1.807) is 18.2 Å². The molecule has 0 bridgehead atoms. The van der Waals surface area contributed by atoms with Gasteiger partial charge in [-0.05, 0) is 42.8 Å². The number of nitrogens with one attached hydrogen (secondary N) is 2. The molecule has 0 aliphatic rings. The van der Waals surface area contributed by atoms with Crippen molar-refractivity contribution in [3.63, 3.8) is 0 Å². The van der Waals surface area contributed by atoms with Crippen LogP contribution in [0, 0.1) is 0 Å². The first kappa shape index (κ1) is 14.9. The van der Waals surface area contributed by atoms with Gasteiger partial charge in [-0.15, -0.1) is 5.10 Å². The molecule has 0 saturated heterocycles. The minimum Gasteiger partial charge on any atom is -0.508 e. The Kier molecular flexibility index (Phi) is 4.42. The molecule has 0 fully saturated rings. The van der Waals surface area contributed by atoms with Crippen LogP contribution in [0.3, 0.4) is 0 Å². The molecule has 0 aliphatic heterocycles. The van der Waals surface area contributed by atoms with Crippen LogP contribution in [0.1, 0.15) is 6.42 Å². The minimum atomic E-state index is -0.220.